The highest BCUT2D eigenvalue weighted by atomic mass is 32.2. The Bertz CT molecular complexity index is 625. The second-order valence-corrected chi connectivity index (χ2v) is 7.76. The number of hydrogen-bond donors (Lipinski definition) is 0. The average molecular weight is 311 g/mol. The Morgan fingerprint density at radius 3 is 2.52 bits per heavy atom. The molecule has 1 aliphatic heterocycles. The number of benzene rings is 1. The number of nitrogens with zero attached hydrogens (tertiary/aromatic N) is 1. The first kappa shape index (κ1) is 14.7. The van der Waals surface area contributed by atoms with Crippen LogP contribution in [-0.2, 0) is 10.0 Å². The Morgan fingerprint density at radius 1 is 1.19 bits per heavy atom. The van der Waals surface area contributed by atoms with Crippen molar-refractivity contribution < 1.29 is 17.9 Å². The van der Waals surface area contributed by atoms with Gasteiger partial charge in [-0.25, -0.2) is 8.42 Å². The highest BCUT2D eigenvalue weighted by molar-refractivity contribution is 7.89. The van der Waals surface area contributed by atoms with E-state index in [2.05, 4.69) is 0 Å². The van der Waals surface area contributed by atoms with Crippen molar-refractivity contribution in [2.75, 3.05) is 20.3 Å². The summed E-state index contributed by atoms with van der Waals surface area (Å²) in [5.41, 5.74) is 0. The van der Waals surface area contributed by atoms with Gasteiger partial charge in [0.15, 0.2) is 11.5 Å². The summed E-state index contributed by atoms with van der Waals surface area (Å²) < 4.78 is 38.0. The minimum atomic E-state index is -3.49. The fourth-order valence-corrected chi connectivity index (χ4v) is 4.00. The maximum Gasteiger partial charge on any atom is 0.243 e. The molecule has 0 spiro atoms. The second-order valence-electron chi connectivity index (χ2n) is 5.76. The van der Waals surface area contributed by atoms with E-state index in [4.69, 9.17) is 9.47 Å². The minimum absolute atomic E-state index is 0.0333. The third-order valence-electron chi connectivity index (χ3n) is 4.27. The van der Waals surface area contributed by atoms with Gasteiger partial charge in [-0.05, 0) is 37.8 Å². The Balaban J connectivity index is 1.89. The molecule has 6 heteroatoms. The zero-order valence-electron chi connectivity index (χ0n) is 12.4. The van der Waals surface area contributed by atoms with E-state index in [0.717, 1.165) is 19.3 Å². The van der Waals surface area contributed by atoms with Crippen molar-refractivity contribution in [3.63, 3.8) is 0 Å². The van der Waals surface area contributed by atoms with E-state index in [9.17, 15) is 8.42 Å². The van der Waals surface area contributed by atoms with E-state index in [-0.39, 0.29) is 10.9 Å². The van der Waals surface area contributed by atoms with Crippen molar-refractivity contribution in [2.24, 2.45) is 5.92 Å². The third kappa shape index (κ3) is 2.87. The van der Waals surface area contributed by atoms with Crippen LogP contribution in [0.15, 0.2) is 23.1 Å². The van der Waals surface area contributed by atoms with Gasteiger partial charge in [0.1, 0.15) is 0 Å². The molecule has 1 atom stereocenters. The molecule has 1 aromatic carbocycles. The minimum Gasteiger partial charge on any atom is -0.490 e. The molecule has 3 rings (SSSR count). The van der Waals surface area contributed by atoms with Crippen molar-refractivity contribution in [3.05, 3.63) is 18.2 Å². The zero-order valence-corrected chi connectivity index (χ0v) is 13.2. The largest absolute Gasteiger partial charge is 0.490 e. The lowest BCUT2D eigenvalue weighted by Crippen LogP contribution is -2.36. The predicted octanol–water partition coefficient (Wildman–Crippen LogP) is 2.27. The summed E-state index contributed by atoms with van der Waals surface area (Å²) >= 11 is 0. The summed E-state index contributed by atoms with van der Waals surface area (Å²) in [6, 6.07) is 4.89. The molecular weight excluding hydrogens is 290 g/mol. The SMILES string of the molecule is CC(C1CC1)N(C)S(=O)(=O)c1ccc2c(c1)OCCCO2. The molecule has 0 aromatic heterocycles. The van der Waals surface area contributed by atoms with Crippen LogP contribution in [0, 0.1) is 5.92 Å². The molecule has 0 N–H and O–H groups in total. The van der Waals surface area contributed by atoms with Crippen LogP contribution in [0.4, 0.5) is 0 Å². The van der Waals surface area contributed by atoms with Crippen LogP contribution in [-0.4, -0.2) is 39.0 Å². The summed E-state index contributed by atoms with van der Waals surface area (Å²) in [4.78, 5) is 0.266. The number of sulfonamides is 1. The molecule has 1 heterocycles. The normalized spacial score (nSPS) is 20.1. The molecule has 1 saturated carbocycles. The molecule has 0 radical (unpaired) electrons. The maximum atomic E-state index is 12.7. The van der Waals surface area contributed by atoms with Gasteiger partial charge in [-0.3, -0.25) is 0 Å². The van der Waals surface area contributed by atoms with Gasteiger partial charge in [0.25, 0.3) is 0 Å². The molecule has 0 saturated heterocycles. The summed E-state index contributed by atoms with van der Waals surface area (Å²) in [7, 11) is -1.84. The number of hydrogen-bond acceptors (Lipinski definition) is 4. The smallest absolute Gasteiger partial charge is 0.243 e. The lowest BCUT2D eigenvalue weighted by molar-refractivity contribution is 0.296. The Kier molecular flexibility index (Phi) is 3.84. The second kappa shape index (κ2) is 5.50. The molecule has 116 valence electrons. The first-order valence-electron chi connectivity index (χ1n) is 7.38. The maximum absolute atomic E-state index is 12.7. The van der Waals surface area contributed by atoms with Gasteiger partial charge in [-0.1, -0.05) is 0 Å². The lowest BCUT2D eigenvalue weighted by Gasteiger charge is -2.24. The molecule has 5 nitrogen and oxygen atoms in total. The van der Waals surface area contributed by atoms with Crippen molar-refractivity contribution in [2.45, 2.75) is 37.1 Å². The Labute approximate surface area is 125 Å². The Morgan fingerprint density at radius 2 is 1.86 bits per heavy atom. The van der Waals surface area contributed by atoms with Crippen molar-refractivity contribution >= 4 is 10.0 Å². The molecule has 1 fully saturated rings. The van der Waals surface area contributed by atoms with Crippen LogP contribution in [0.2, 0.25) is 0 Å². The van der Waals surface area contributed by atoms with E-state index in [0.29, 0.717) is 30.6 Å². The monoisotopic (exact) mass is 311 g/mol. The van der Waals surface area contributed by atoms with Gasteiger partial charge in [-0.15, -0.1) is 0 Å². The van der Waals surface area contributed by atoms with Gasteiger partial charge in [0.05, 0.1) is 18.1 Å². The molecule has 2 aliphatic rings. The molecule has 1 unspecified atom stereocenters. The average Bonchev–Trinajstić information content (AvgIpc) is 3.31. The summed E-state index contributed by atoms with van der Waals surface area (Å²) in [6.45, 7) is 3.11. The molecule has 21 heavy (non-hydrogen) atoms. The number of fused-ring (bicyclic) bond motifs is 1. The standard InChI is InChI=1S/C15H21NO4S/c1-11(12-4-5-12)16(2)21(17,18)13-6-7-14-15(10-13)20-9-3-8-19-14/h6-7,10-12H,3-5,8-9H2,1-2H3. The van der Waals surface area contributed by atoms with Crippen LogP contribution in [0.1, 0.15) is 26.2 Å². The van der Waals surface area contributed by atoms with E-state index in [1.807, 2.05) is 6.92 Å². The summed E-state index contributed by atoms with van der Waals surface area (Å²) in [5, 5.41) is 0. The van der Waals surface area contributed by atoms with Crippen LogP contribution in [0.5, 0.6) is 11.5 Å². The van der Waals surface area contributed by atoms with E-state index in [1.54, 1.807) is 25.2 Å². The quantitative estimate of drug-likeness (QED) is 0.856. The van der Waals surface area contributed by atoms with Gasteiger partial charge in [0, 0.05) is 25.6 Å². The van der Waals surface area contributed by atoms with Crippen LogP contribution >= 0.6 is 0 Å². The van der Waals surface area contributed by atoms with Crippen molar-refractivity contribution in [1.29, 1.82) is 0 Å². The van der Waals surface area contributed by atoms with Gasteiger partial charge in [0.2, 0.25) is 10.0 Å². The van der Waals surface area contributed by atoms with Gasteiger partial charge in [-0.2, -0.15) is 4.31 Å². The summed E-state index contributed by atoms with van der Waals surface area (Å²) in [5.74, 6) is 1.62. The van der Waals surface area contributed by atoms with Crippen LogP contribution in [0.3, 0.4) is 0 Å². The highest BCUT2D eigenvalue weighted by Crippen LogP contribution is 2.37. The topological polar surface area (TPSA) is 55.8 Å². The molecule has 0 bridgehead atoms. The fraction of sp³-hybridized carbons (Fsp3) is 0.600. The van der Waals surface area contributed by atoms with Crippen LogP contribution < -0.4 is 9.47 Å². The first-order chi connectivity index (χ1) is 10.00. The van der Waals surface area contributed by atoms with E-state index < -0.39 is 10.0 Å². The number of rotatable bonds is 4. The predicted molar refractivity (Wildman–Crippen MR) is 79.2 cm³/mol. The molecule has 0 amide bonds. The number of ether oxygens (including phenoxy) is 2. The van der Waals surface area contributed by atoms with Gasteiger partial charge < -0.3 is 9.47 Å². The highest BCUT2D eigenvalue weighted by Gasteiger charge is 2.36. The zero-order chi connectivity index (χ0) is 15.0. The summed E-state index contributed by atoms with van der Waals surface area (Å²) in [6.07, 6.45) is 3.03. The van der Waals surface area contributed by atoms with E-state index >= 15 is 0 Å². The third-order valence-corrected chi connectivity index (χ3v) is 6.21. The van der Waals surface area contributed by atoms with Gasteiger partial charge >= 0.3 is 0 Å². The molecule has 1 aromatic rings. The Hall–Kier alpha value is -1.27. The fourth-order valence-electron chi connectivity index (χ4n) is 2.56. The van der Waals surface area contributed by atoms with Crippen molar-refractivity contribution in [1.82, 2.24) is 4.31 Å². The lowest BCUT2D eigenvalue weighted by atomic mass is 10.2. The van der Waals surface area contributed by atoms with Crippen molar-refractivity contribution in [3.8, 4) is 11.5 Å². The molecular formula is C15H21NO4S. The first-order valence-corrected chi connectivity index (χ1v) is 8.82. The molecule has 1 aliphatic carbocycles. The van der Waals surface area contributed by atoms with Crippen LogP contribution in [0.25, 0.3) is 0 Å². The van der Waals surface area contributed by atoms with E-state index in [1.165, 1.54) is 4.31 Å².